The van der Waals surface area contributed by atoms with Crippen molar-refractivity contribution in [3.05, 3.63) is 24.2 Å². The normalized spacial score (nSPS) is 30.4. The minimum absolute atomic E-state index is 0.0443. The number of piperidine rings is 1. The highest BCUT2D eigenvalue weighted by Crippen LogP contribution is 2.22. The van der Waals surface area contributed by atoms with Crippen molar-refractivity contribution in [3.8, 4) is 0 Å². The van der Waals surface area contributed by atoms with Gasteiger partial charge in [0.2, 0.25) is 0 Å². The summed E-state index contributed by atoms with van der Waals surface area (Å²) in [6.07, 6.45) is 8.14. The van der Waals surface area contributed by atoms with Gasteiger partial charge in [0.25, 0.3) is 0 Å². The van der Waals surface area contributed by atoms with Crippen molar-refractivity contribution < 1.29 is 4.39 Å². The summed E-state index contributed by atoms with van der Waals surface area (Å²) in [5, 5.41) is 9.33. The first kappa shape index (κ1) is 17.9. The van der Waals surface area contributed by atoms with Gasteiger partial charge >= 0.3 is 0 Å². The van der Waals surface area contributed by atoms with Crippen LogP contribution in [0.5, 0.6) is 0 Å². The van der Waals surface area contributed by atoms with E-state index in [1.54, 1.807) is 5.01 Å². The lowest BCUT2D eigenvalue weighted by Crippen LogP contribution is -2.48. The molecule has 25 heavy (non-hydrogen) atoms. The Morgan fingerprint density at radius 2 is 2.16 bits per heavy atom. The Kier molecular flexibility index (Phi) is 5.73. The molecule has 0 aromatic rings. The SMILES string of the molecule is C=C(/N=C(\C1C=NN(C)C1N)N1CCCCC1)NC1=CCC(F)CC1. The molecule has 0 aromatic carbocycles. The number of nitrogens with one attached hydrogen (secondary N) is 1. The molecule has 2 aliphatic heterocycles. The molecule has 3 rings (SSSR count). The topological polar surface area (TPSA) is 69.2 Å². The van der Waals surface area contributed by atoms with Gasteiger partial charge < -0.3 is 16.0 Å². The maximum absolute atomic E-state index is 13.3. The Labute approximate surface area is 149 Å². The van der Waals surface area contributed by atoms with E-state index in [1.807, 2.05) is 19.3 Å². The van der Waals surface area contributed by atoms with E-state index in [1.165, 1.54) is 6.42 Å². The van der Waals surface area contributed by atoms with Crippen LogP contribution in [0.25, 0.3) is 0 Å². The molecule has 1 fully saturated rings. The number of likely N-dealkylation sites (tertiary alicyclic amines) is 1. The van der Waals surface area contributed by atoms with Gasteiger partial charge in [-0.15, -0.1) is 0 Å². The van der Waals surface area contributed by atoms with E-state index < -0.39 is 6.17 Å². The van der Waals surface area contributed by atoms with Crippen molar-refractivity contribution in [2.24, 2.45) is 21.7 Å². The van der Waals surface area contributed by atoms with Crippen molar-refractivity contribution in [2.45, 2.75) is 50.9 Å². The predicted octanol–water partition coefficient (Wildman–Crippen LogP) is 2.17. The van der Waals surface area contributed by atoms with Crippen LogP contribution < -0.4 is 11.1 Å². The van der Waals surface area contributed by atoms with Gasteiger partial charge in [0.05, 0.1) is 5.92 Å². The van der Waals surface area contributed by atoms with E-state index in [9.17, 15) is 4.39 Å². The molecule has 0 spiro atoms. The van der Waals surface area contributed by atoms with E-state index in [-0.39, 0.29) is 12.1 Å². The van der Waals surface area contributed by atoms with Gasteiger partial charge in [-0.05, 0) is 38.5 Å². The highest BCUT2D eigenvalue weighted by atomic mass is 19.1. The number of alkyl halides is 1. The summed E-state index contributed by atoms with van der Waals surface area (Å²) < 4.78 is 13.3. The Hall–Kier alpha value is -1.89. The third kappa shape index (κ3) is 4.39. The lowest BCUT2D eigenvalue weighted by Gasteiger charge is -2.34. The van der Waals surface area contributed by atoms with Crippen molar-refractivity contribution in [1.29, 1.82) is 0 Å². The first-order valence-electron chi connectivity index (χ1n) is 9.19. The smallest absolute Gasteiger partial charge is 0.124 e. The monoisotopic (exact) mass is 348 g/mol. The van der Waals surface area contributed by atoms with Crippen LogP contribution in [-0.4, -0.2) is 54.4 Å². The summed E-state index contributed by atoms with van der Waals surface area (Å²) in [5.74, 6) is 1.47. The lowest BCUT2D eigenvalue weighted by molar-refractivity contribution is 0.259. The summed E-state index contributed by atoms with van der Waals surface area (Å²) in [5.41, 5.74) is 7.30. The van der Waals surface area contributed by atoms with E-state index in [2.05, 4.69) is 21.9 Å². The average Bonchev–Trinajstić information content (AvgIpc) is 2.95. The number of rotatable bonds is 4. The number of amidine groups is 1. The van der Waals surface area contributed by atoms with Crippen molar-refractivity contribution in [3.63, 3.8) is 0 Å². The number of aliphatic imine (C=N–C) groups is 1. The van der Waals surface area contributed by atoms with Gasteiger partial charge in [0, 0.05) is 32.0 Å². The second-order valence-corrected chi connectivity index (χ2v) is 7.05. The molecule has 3 N–H and O–H groups in total. The van der Waals surface area contributed by atoms with Crippen LogP contribution >= 0.6 is 0 Å². The largest absolute Gasteiger partial charge is 0.359 e. The van der Waals surface area contributed by atoms with Crippen LogP contribution in [-0.2, 0) is 0 Å². The van der Waals surface area contributed by atoms with Crippen molar-refractivity contribution in [1.82, 2.24) is 15.2 Å². The number of hydrazone groups is 1. The van der Waals surface area contributed by atoms with Gasteiger partial charge in [-0.25, -0.2) is 9.38 Å². The molecule has 0 amide bonds. The zero-order valence-corrected chi connectivity index (χ0v) is 15.0. The van der Waals surface area contributed by atoms with Crippen LogP contribution in [0.15, 0.2) is 34.3 Å². The Bertz CT molecular complexity index is 578. The van der Waals surface area contributed by atoms with Crippen LogP contribution in [0.3, 0.4) is 0 Å². The number of allylic oxidation sites excluding steroid dienone is 2. The summed E-state index contributed by atoms with van der Waals surface area (Å²) >= 11 is 0. The zero-order valence-electron chi connectivity index (χ0n) is 15.0. The quantitative estimate of drug-likeness (QED) is 0.603. The molecule has 6 nitrogen and oxygen atoms in total. The summed E-state index contributed by atoms with van der Waals surface area (Å²) in [4.78, 5) is 7.09. The zero-order chi connectivity index (χ0) is 17.8. The summed E-state index contributed by atoms with van der Waals surface area (Å²) in [6, 6.07) is 0. The van der Waals surface area contributed by atoms with Crippen LogP contribution in [0, 0.1) is 5.92 Å². The predicted molar refractivity (Wildman–Crippen MR) is 99.7 cm³/mol. The molecule has 7 heteroatoms. The lowest BCUT2D eigenvalue weighted by atomic mass is 10.0. The highest BCUT2D eigenvalue weighted by Gasteiger charge is 2.33. The first-order valence-corrected chi connectivity index (χ1v) is 9.19. The van der Waals surface area contributed by atoms with Crippen LogP contribution in [0.2, 0.25) is 0 Å². The fourth-order valence-corrected chi connectivity index (χ4v) is 3.54. The molecule has 0 aromatic heterocycles. The van der Waals surface area contributed by atoms with Gasteiger partial charge in [-0.2, -0.15) is 5.10 Å². The standard InChI is InChI=1S/C18H29FN6/c1-13(22-15-8-6-14(19)7-9-15)23-18(25-10-4-3-5-11-25)16-12-21-24(2)17(16)20/h8,12,14,16-17,22H,1,3-7,9-11,20H2,2H3/b23-18+. The van der Waals surface area contributed by atoms with E-state index in [0.29, 0.717) is 25.1 Å². The Balaban J connectivity index is 1.74. The molecule has 3 aliphatic rings. The number of nitrogens with two attached hydrogens (primary N) is 1. The number of hydrogen-bond donors (Lipinski definition) is 2. The summed E-state index contributed by atoms with van der Waals surface area (Å²) in [7, 11) is 1.88. The molecule has 3 atom stereocenters. The average molecular weight is 348 g/mol. The molecule has 0 saturated carbocycles. The summed E-state index contributed by atoms with van der Waals surface area (Å²) in [6.45, 7) is 6.03. The van der Waals surface area contributed by atoms with Crippen LogP contribution in [0.1, 0.15) is 38.5 Å². The fourth-order valence-electron chi connectivity index (χ4n) is 3.54. The van der Waals surface area contributed by atoms with E-state index in [4.69, 9.17) is 10.7 Å². The fraction of sp³-hybridized carbons (Fsp3) is 0.667. The van der Waals surface area contributed by atoms with Gasteiger partial charge in [0.15, 0.2) is 0 Å². The molecule has 3 unspecified atom stereocenters. The molecule has 138 valence electrons. The van der Waals surface area contributed by atoms with Gasteiger partial charge in [0.1, 0.15) is 24.0 Å². The molecule has 1 aliphatic carbocycles. The Morgan fingerprint density at radius 3 is 2.76 bits per heavy atom. The second-order valence-electron chi connectivity index (χ2n) is 7.05. The maximum atomic E-state index is 13.3. The second kappa shape index (κ2) is 7.99. The molecule has 0 radical (unpaired) electrons. The Morgan fingerprint density at radius 1 is 1.40 bits per heavy atom. The molecular formula is C18H29FN6. The van der Waals surface area contributed by atoms with Gasteiger partial charge in [-0.3, -0.25) is 5.01 Å². The third-order valence-electron chi connectivity index (χ3n) is 5.09. The number of nitrogens with zero attached hydrogens (tertiary/aromatic N) is 4. The maximum Gasteiger partial charge on any atom is 0.124 e. The van der Waals surface area contributed by atoms with Crippen molar-refractivity contribution >= 4 is 12.1 Å². The molecule has 1 saturated heterocycles. The minimum Gasteiger partial charge on any atom is -0.359 e. The van der Waals surface area contributed by atoms with E-state index in [0.717, 1.165) is 37.5 Å². The van der Waals surface area contributed by atoms with Gasteiger partial charge in [-0.1, -0.05) is 12.7 Å². The molecule has 2 heterocycles. The minimum atomic E-state index is -0.727. The molecule has 0 bridgehead atoms. The van der Waals surface area contributed by atoms with E-state index >= 15 is 0 Å². The number of hydrogen-bond acceptors (Lipinski definition) is 5. The molecular weight excluding hydrogens is 319 g/mol. The number of halogens is 1. The van der Waals surface area contributed by atoms with Crippen LogP contribution in [0.4, 0.5) is 4.39 Å². The first-order chi connectivity index (χ1) is 12.0. The highest BCUT2D eigenvalue weighted by molar-refractivity contribution is 5.99. The third-order valence-corrected chi connectivity index (χ3v) is 5.09. The van der Waals surface area contributed by atoms with Crippen molar-refractivity contribution in [2.75, 3.05) is 20.1 Å².